The molecule has 90 valence electrons. The molecule has 10 heteroatoms. The zero-order valence-electron chi connectivity index (χ0n) is 8.19. The molecule has 0 aliphatic rings. The summed E-state index contributed by atoms with van der Waals surface area (Å²) < 4.78 is 8.58. The van der Waals surface area contributed by atoms with E-state index < -0.39 is 14.6 Å². The third-order valence-corrected chi connectivity index (χ3v) is 0.923. The maximum absolute atomic E-state index is 8.15. The summed E-state index contributed by atoms with van der Waals surface area (Å²) in [5, 5.41) is 47.9. The molecule has 0 unspecified atom stereocenters. The van der Waals surface area contributed by atoms with Gasteiger partial charge < -0.3 is 39.6 Å². The lowest BCUT2D eigenvalue weighted by molar-refractivity contribution is 0.146. The second-order valence-electron chi connectivity index (χ2n) is 2.19. The Morgan fingerprint density at radius 1 is 0.733 bits per heavy atom. The third-order valence-electron chi connectivity index (χ3n) is 0.923. The van der Waals surface area contributed by atoms with E-state index in [0.29, 0.717) is 6.42 Å². The first-order valence-electron chi connectivity index (χ1n) is 4.21. The van der Waals surface area contributed by atoms with Crippen LogP contribution in [0.15, 0.2) is 0 Å². The fourth-order valence-electron chi connectivity index (χ4n) is 0.436. The van der Waals surface area contributed by atoms with Gasteiger partial charge in [-0.2, -0.15) is 0 Å². The minimum absolute atomic E-state index is 0.0877. The van der Waals surface area contributed by atoms with Crippen LogP contribution in [0, 0.1) is 0 Å². The van der Waals surface area contributed by atoms with Crippen LogP contribution in [0.1, 0.15) is 6.42 Å². The van der Waals surface area contributed by atoms with Gasteiger partial charge in [0.05, 0.1) is 13.2 Å². The van der Waals surface area contributed by atoms with E-state index in [4.69, 9.17) is 30.3 Å². The third kappa shape index (κ3) is 24.8. The Kier molecular flexibility index (Phi) is 15.8. The number of aliphatic hydroxyl groups is 2. The van der Waals surface area contributed by atoms with Crippen LogP contribution in [0.2, 0.25) is 0 Å². The average Bonchev–Trinajstić information content (AvgIpc) is 2.17. The van der Waals surface area contributed by atoms with E-state index >= 15 is 0 Å². The van der Waals surface area contributed by atoms with Crippen molar-refractivity contribution >= 4 is 14.6 Å². The van der Waals surface area contributed by atoms with E-state index in [1.807, 2.05) is 0 Å². The average molecular weight is 226 g/mol. The van der Waals surface area contributed by atoms with Gasteiger partial charge in [-0.25, -0.2) is 0 Å². The largest absolute Gasteiger partial charge is 0.633 e. The Morgan fingerprint density at radius 2 is 1.07 bits per heavy atom. The van der Waals surface area contributed by atoms with Crippen molar-refractivity contribution in [2.75, 3.05) is 26.4 Å². The second kappa shape index (κ2) is 13.8. The van der Waals surface area contributed by atoms with Gasteiger partial charge in [0.1, 0.15) is 0 Å². The van der Waals surface area contributed by atoms with Gasteiger partial charge in [0, 0.05) is 13.2 Å². The summed E-state index contributed by atoms with van der Waals surface area (Å²) >= 11 is 0. The van der Waals surface area contributed by atoms with E-state index in [1.165, 1.54) is 0 Å². The fourth-order valence-corrected chi connectivity index (χ4v) is 0.436. The topological polar surface area (TPSA) is 140 Å². The van der Waals surface area contributed by atoms with Gasteiger partial charge in [-0.3, -0.25) is 0 Å². The summed E-state index contributed by atoms with van der Waals surface area (Å²) in [7, 11) is -3.57. The molecule has 0 fully saturated rings. The molecule has 0 aromatic rings. The van der Waals surface area contributed by atoms with Crippen LogP contribution in [-0.4, -0.2) is 71.4 Å². The number of hydrogen-bond acceptors (Lipinski definition) is 8. The molecule has 0 aromatic carbocycles. The molecule has 0 saturated carbocycles. The van der Waals surface area contributed by atoms with E-state index in [1.54, 1.807) is 0 Å². The quantitative estimate of drug-likeness (QED) is 0.192. The van der Waals surface area contributed by atoms with Crippen LogP contribution in [0.4, 0.5) is 0 Å². The zero-order chi connectivity index (χ0) is 12.1. The normalized spacial score (nSPS) is 9.20. The molecule has 0 atom stereocenters. The SMILES string of the molecule is OB(O)OCCCOB(O)O.OCCO. The minimum atomic E-state index is -1.78. The van der Waals surface area contributed by atoms with Crippen LogP contribution in [0.25, 0.3) is 0 Å². The highest BCUT2D eigenvalue weighted by molar-refractivity contribution is 6.32. The standard InChI is InChI=1S/C3H10B2O6.C2H6O2/c6-4(7)10-2-1-3-11-5(8)9;3-1-2-4/h6-9H,1-3H2;3-4H,1-2H2. The molecule has 0 spiro atoms. The Bertz CT molecular complexity index is 101. The van der Waals surface area contributed by atoms with Crippen LogP contribution in [-0.2, 0) is 9.31 Å². The molecule has 0 aromatic heterocycles. The van der Waals surface area contributed by atoms with Gasteiger partial charge in [-0.1, -0.05) is 0 Å². The van der Waals surface area contributed by atoms with Crippen LogP contribution < -0.4 is 0 Å². The zero-order valence-corrected chi connectivity index (χ0v) is 8.19. The number of aliphatic hydroxyl groups excluding tert-OH is 2. The van der Waals surface area contributed by atoms with E-state index in [2.05, 4.69) is 9.31 Å². The first kappa shape index (κ1) is 17.2. The number of rotatable bonds is 7. The highest BCUT2D eigenvalue weighted by atomic mass is 16.6. The van der Waals surface area contributed by atoms with Crippen LogP contribution >= 0.6 is 0 Å². The summed E-state index contributed by atoms with van der Waals surface area (Å²) in [6.07, 6.45) is 0.356. The van der Waals surface area contributed by atoms with Gasteiger partial charge >= 0.3 is 14.6 Å². The van der Waals surface area contributed by atoms with Gasteiger partial charge in [-0.05, 0) is 6.42 Å². The summed E-state index contributed by atoms with van der Waals surface area (Å²) in [5.74, 6) is 0. The molecular formula is C5H16B2O8. The van der Waals surface area contributed by atoms with Crippen molar-refractivity contribution in [1.82, 2.24) is 0 Å². The molecule has 0 heterocycles. The molecule has 6 N–H and O–H groups in total. The fraction of sp³-hybridized carbons (Fsp3) is 1.00. The van der Waals surface area contributed by atoms with Crippen molar-refractivity contribution in [1.29, 1.82) is 0 Å². The lowest BCUT2D eigenvalue weighted by Gasteiger charge is -2.02. The van der Waals surface area contributed by atoms with Crippen molar-refractivity contribution in [3.05, 3.63) is 0 Å². The van der Waals surface area contributed by atoms with Gasteiger partial charge in [0.15, 0.2) is 0 Å². The van der Waals surface area contributed by atoms with E-state index in [0.717, 1.165) is 0 Å². The summed E-state index contributed by atoms with van der Waals surface area (Å²) in [5.41, 5.74) is 0. The Hall–Kier alpha value is -0.190. The van der Waals surface area contributed by atoms with Crippen molar-refractivity contribution in [2.24, 2.45) is 0 Å². The summed E-state index contributed by atoms with van der Waals surface area (Å²) in [6, 6.07) is 0. The molecule has 8 nitrogen and oxygen atoms in total. The second-order valence-corrected chi connectivity index (χ2v) is 2.19. The Balaban J connectivity index is 0. The molecule has 0 rings (SSSR count). The van der Waals surface area contributed by atoms with Gasteiger partial charge in [0.25, 0.3) is 0 Å². The lowest BCUT2D eigenvalue weighted by Crippen LogP contribution is -2.21. The van der Waals surface area contributed by atoms with E-state index in [-0.39, 0.29) is 26.4 Å². The van der Waals surface area contributed by atoms with Gasteiger partial charge in [0.2, 0.25) is 0 Å². The highest BCUT2D eigenvalue weighted by Gasteiger charge is 2.09. The molecule has 0 aliphatic carbocycles. The van der Waals surface area contributed by atoms with Crippen LogP contribution in [0.3, 0.4) is 0 Å². The predicted molar refractivity (Wildman–Crippen MR) is 51.1 cm³/mol. The lowest BCUT2D eigenvalue weighted by atomic mass is 10.2. The molecule has 0 radical (unpaired) electrons. The molecule has 0 saturated heterocycles. The maximum Gasteiger partial charge on any atom is 0.633 e. The predicted octanol–water partition coefficient (Wildman–Crippen LogP) is -3.68. The van der Waals surface area contributed by atoms with Gasteiger partial charge in [-0.15, -0.1) is 0 Å². The number of hydrogen-bond donors (Lipinski definition) is 6. The summed E-state index contributed by atoms with van der Waals surface area (Å²) in [6.45, 7) is -0.0746. The van der Waals surface area contributed by atoms with Crippen molar-refractivity contribution in [3.63, 3.8) is 0 Å². The Labute approximate surface area is 88.1 Å². The van der Waals surface area contributed by atoms with E-state index in [9.17, 15) is 0 Å². The monoisotopic (exact) mass is 226 g/mol. The van der Waals surface area contributed by atoms with Crippen molar-refractivity contribution < 1.29 is 39.6 Å². The molecule has 0 amide bonds. The molecular weight excluding hydrogens is 210 g/mol. The van der Waals surface area contributed by atoms with Crippen LogP contribution in [0.5, 0.6) is 0 Å². The highest BCUT2D eigenvalue weighted by Crippen LogP contribution is 1.85. The minimum Gasteiger partial charge on any atom is -0.402 e. The molecule has 15 heavy (non-hydrogen) atoms. The maximum atomic E-state index is 8.15. The summed E-state index contributed by atoms with van der Waals surface area (Å²) in [4.78, 5) is 0. The smallest absolute Gasteiger partial charge is 0.402 e. The Morgan fingerprint density at radius 3 is 1.27 bits per heavy atom. The van der Waals surface area contributed by atoms with Crippen molar-refractivity contribution in [2.45, 2.75) is 6.42 Å². The molecule has 0 bridgehead atoms. The molecule has 0 aliphatic heterocycles. The first-order valence-corrected chi connectivity index (χ1v) is 4.21. The van der Waals surface area contributed by atoms with Crippen molar-refractivity contribution in [3.8, 4) is 0 Å². The first-order chi connectivity index (χ1) is 7.04.